The lowest BCUT2D eigenvalue weighted by Crippen LogP contribution is -2.28. The predicted molar refractivity (Wildman–Crippen MR) is 103 cm³/mol. The first-order valence-electron chi connectivity index (χ1n) is 8.02. The molecule has 4 nitrogen and oxygen atoms in total. The van der Waals surface area contributed by atoms with E-state index in [4.69, 9.17) is 0 Å². The molecule has 1 aliphatic rings. The largest absolute Gasteiger partial charge is 0.339 e. The maximum Gasteiger partial charge on any atom is 0.256 e. The Morgan fingerprint density at radius 2 is 1.75 bits per heavy atom. The third-order valence-corrected chi connectivity index (χ3v) is 5.06. The SMILES string of the molecule is Cc1ccc(C(=O)Nc2ccccc2C(=O)N2CCCC2)c(I)c1. The maximum atomic E-state index is 12.7. The fourth-order valence-corrected chi connectivity index (χ4v) is 3.78. The Labute approximate surface area is 155 Å². The van der Waals surface area contributed by atoms with Crippen LogP contribution in [0.1, 0.15) is 39.1 Å². The average Bonchev–Trinajstić information content (AvgIpc) is 3.09. The summed E-state index contributed by atoms with van der Waals surface area (Å²) in [6.45, 7) is 3.57. The number of rotatable bonds is 3. The molecule has 124 valence electrons. The first-order chi connectivity index (χ1) is 11.6. The smallest absolute Gasteiger partial charge is 0.256 e. The molecule has 0 spiro atoms. The Morgan fingerprint density at radius 1 is 1.04 bits per heavy atom. The highest BCUT2D eigenvalue weighted by Crippen LogP contribution is 2.22. The van der Waals surface area contributed by atoms with Crippen LogP contribution in [0.25, 0.3) is 0 Å². The minimum Gasteiger partial charge on any atom is -0.339 e. The molecule has 24 heavy (non-hydrogen) atoms. The van der Waals surface area contributed by atoms with Gasteiger partial charge in [0, 0.05) is 16.7 Å². The molecule has 2 aromatic rings. The number of benzene rings is 2. The van der Waals surface area contributed by atoms with Gasteiger partial charge < -0.3 is 10.2 Å². The van der Waals surface area contributed by atoms with Crippen molar-refractivity contribution in [3.8, 4) is 0 Å². The van der Waals surface area contributed by atoms with Gasteiger partial charge in [-0.2, -0.15) is 0 Å². The van der Waals surface area contributed by atoms with Gasteiger partial charge in [0.15, 0.2) is 0 Å². The van der Waals surface area contributed by atoms with E-state index >= 15 is 0 Å². The molecule has 0 saturated carbocycles. The Morgan fingerprint density at radius 3 is 2.46 bits per heavy atom. The number of amides is 2. The number of halogens is 1. The van der Waals surface area contributed by atoms with Crippen LogP contribution in [0.4, 0.5) is 5.69 Å². The summed E-state index contributed by atoms with van der Waals surface area (Å²) in [7, 11) is 0. The molecule has 2 amide bonds. The van der Waals surface area contributed by atoms with Crippen LogP contribution in [0.3, 0.4) is 0 Å². The lowest BCUT2D eigenvalue weighted by atomic mass is 10.1. The van der Waals surface area contributed by atoms with Crippen molar-refractivity contribution in [3.05, 3.63) is 62.7 Å². The lowest BCUT2D eigenvalue weighted by molar-refractivity contribution is 0.0794. The molecule has 0 aromatic heterocycles. The number of carbonyl (C=O) groups is 2. The van der Waals surface area contributed by atoms with E-state index in [1.165, 1.54) is 0 Å². The summed E-state index contributed by atoms with van der Waals surface area (Å²) in [6.07, 6.45) is 2.09. The number of carbonyl (C=O) groups excluding carboxylic acids is 2. The predicted octanol–water partition coefficient (Wildman–Crippen LogP) is 4.09. The van der Waals surface area contributed by atoms with E-state index in [-0.39, 0.29) is 11.8 Å². The minimum atomic E-state index is -0.193. The van der Waals surface area contributed by atoms with Crippen molar-refractivity contribution in [2.45, 2.75) is 19.8 Å². The molecule has 2 aromatic carbocycles. The number of para-hydroxylation sites is 1. The number of anilines is 1. The van der Waals surface area contributed by atoms with Crippen LogP contribution in [-0.4, -0.2) is 29.8 Å². The van der Waals surface area contributed by atoms with E-state index in [0.29, 0.717) is 16.8 Å². The van der Waals surface area contributed by atoms with E-state index < -0.39 is 0 Å². The molecule has 0 bridgehead atoms. The zero-order valence-electron chi connectivity index (χ0n) is 13.5. The van der Waals surface area contributed by atoms with Crippen molar-refractivity contribution < 1.29 is 9.59 Å². The van der Waals surface area contributed by atoms with Crippen molar-refractivity contribution in [2.24, 2.45) is 0 Å². The van der Waals surface area contributed by atoms with E-state index in [1.54, 1.807) is 12.1 Å². The summed E-state index contributed by atoms with van der Waals surface area (Å²) < 4.78 is 0.897. The summed E-state index contributed by atoms with van der Waals surface area (Å²) in [5.74, 6) is -0.205. The zero-order valence-corrected chi connectivity index (χ0v) is 15.7. The molecular formula is C19H19IN2O2. The van der Waals surface area contributed by atoms with Gasteiger partial charge in [-0.15, -0.1) is 0 Å². The second kappa shape index (κ2) is 7.34. The van der Waals surface area contributed by atoms with Crippen LogP contribution in [0.2, 0.25) is 0 Å². The highest BCUT2D eigenvalue weighted by atomic mass is 127. The number of hydrogen-bond donors (Lipinski definition) is 1. The fraction of sp³-hybridized carbons (Fsp3) is 0.263. The van der Waals surface area contributed by atoms with Crippen LogP contribution in [-0.2, 0) is 0 Å². The van der Waals surface area contributed by atoms with Crippen molar-refractivity contribution in [1.29, 1.82) is 0 Å². The van der Waals surface area contributed by atoms with Crippen molar-refractivity contribution in [1.82, 2.24) is 4.90 Å². The molecule has 1 fully saturated rings. The summed E-state index contributed by atoms with van der Waals surface area (Å²) in [6, 6.07) is 12.9. The standard InChI is InChI=1S/C19H19IN2O2/c1-13-8-9-14(16(20)12-13)18(23)21-17-7-3-2-6-15(17)19(24)22-10-4-5-11-22/h2-3,6-9,12H,4-5,10-11H2,1H3,(H,21,23). The third-order valence-electron chi connectivity index (χ3n) is 4.17. The molecule has 1 heterocycles. The Balaban J connectivity index is 1.84. The number of likely N-dealkylation sites (tertiary alicyclic amines) is 1. The number of nitrogens with zero attached hydrogens (tertiary/aromatic N) is 1. The van der Waals surface area contributed by atoms with Gasteiger partial charge in [0.05, 0.1) is 16.8 Å². The van der Waals surface area contributed by atoms with E-state index in [2.05, 4.69) is 27.9 Å². The summed E-state index contributed by atoms with van der Waals surface area (Å²) in [5, 5.41) is 2.90. The quantitative estimate of drug-likeness (QED) is 0.741. The highest BCUT2D eigenvalue weighted by Gasteiger charge is 2.22. The second-order valence-electron chi connectivity index (χ2n) is 5.98. The lowest BCUT2D eigenvalue weighted by Gasteiger charge is -2.18. The van der Waals surface area contributed by atoms with Crippen LogP contribution in [0.5, 0.6) is 0 Å². The van der Waals surface area contributed by atoms with E-state index in [1.807, 2.05) is 42.2 Å². The second-order valence-corrected chi connectivity index (χ2v) is 7.14. The van der Waals surface area contributed by atoms with Gasteiger partial charge in [-0.3, -0.25) is 9.59 Å². The molecular weight excluding hydrogens is 415 g/mol. The minimum absolute atomic E-state index is 0.0120. The van der Waals surface area contributed by atoms with Gasteiger partial charge in [0.1, 0.15) is 0 Å². The molecule has 1 saturated heterocycles. The number of nitrogens with one attached hydrogen (secondary N) is 1. The molecule has 0 radical (unpaired) electrons. The molecule has 0 atom stereocenters. The fourth-order valence-electron chi connectivity index (χ4n) is 2.86. The summed E-state index contributed by atoms with van der Waals surface area (Å²) in [5.41, 5.74) is 2.84. The Kier molecular flexibility index (Phi) is 5.18. The Hall–Kier alpha value is -1.89. The van der Waals surface area contributed by atoms with Gasteiger partial charge in [0.2, 0.25) is 0 Å². The van der Waals surface area contributed by atoms with Crippen molar-refractivity contribution in [2.75, 3.05) is 18.4 Å². The molecule has 1 aliphatic heterocycles. The van der Waals surface area contributed by atoms with Gasteiger partial charge >= 0.3 is 0 Å². The normalized spacial score (nSPS) is 13.8. The van der Waals surface area contributed by atoms with Crippen molar-refractivity contribution >= 4 is 40.1 Å². The average molecular weight is 434 g/mol. The summed E-state index contributed by atoms with van der Waals surface area (Å²) >= 11 is 2.16. The topological polar surface area (TPSA) is 49.4 Å². The van der Waals surface area contributed by atoms with Crippen LogP contribution >= 0.6 is 22.6 Å². The third kappa shape index (κ3) is 3.61. The molecule has 0 aliphatic carbocycles. The van der Waals surface area contributed by atoms with Crippen LogP contribution in [0, 0.1) is 10.5 Å². The first kappa shape index (κ1) is 17.0. The van der Waals surface area contributed by atoms with Gasteiger partial charge in [-0.05, 0) is 66.6 Å². The Bertz CT molecular complexity index is 783. The van der Waals surface area contributed by atoms with Gasteiger partial charge in [0.25, 0.3) is 11.8 Å². The van der Waals surface area contributed by atoms with E-state index in [0.717, 1.165) is 35.1 Å². The van der Waals surface area contributed by atoms with Crippen molar-refractivity contribution in [3.63, 3.8) is 0 Å². The molecule has 3 rings (SSSR count). The zero-order chi connectivity index (χ0) is 17.1. The summed E-state index contributed by atoms with van der Waals surface area (Å²) in [4.78, 5) is 27.1. The van der Waals surface area contributed by atoms with Gasteiger partial charge in [-0.25, -0.2) is 0 Å². The number of hydrogen-bond acceptors (Lipinski definition) is 2. The molecule has 0 unspecified atom stereocenters. The van der Waals surface area contributed by atoms with Crippen LogP contribution < -0.4 is 5.32 Å². The van der Waals surface area contributed by atoms with Gasteiger partial charge in [-0.1, -0.05) is 23.8 Å². The number of aryl methyl sites for hydroxylation is 1. The monoisotopic (exact) mass is 434 g/mol. The molecule has 1 N–H and O–H groups in total. The maximum absolute atomic E-state index is 12.7. The van der Waals surface area contributed by atoms with Crippen LogP contribution in [0.15, 0.2) is 42.5 Å². The molecule has 5 heteroatoms. The van der Waals surface area contributed by atoms with E-state index in [9.17, 15) is 9.59 Å². The first-order valence-corrected chi connectivity index (χ1v) is 9.10. The highest BCUT2D eigenvalue weighted by molar-refractivity contribution is 14.1.